The number of nitrogens with zero attached hydrogens (tertiary/aromatic N) is 2. The molecule has 2 rings (SSSR count). The number of nitrogens with two attached hydrogens (primary N) is 1. The molecule has 1 fully saturated rings. The van der Waals surface area contributed by atoms with Gasteiger partial charge in [-0.05, 0) is 6.07 Å². The zero-order valence-corrected chi connectivity index (χ0v) is 12.2. The second-order valence-corrected chi connectivity index (χ2v) is 6.72. The fraction of sp³-hybridized carbons (Fsp3) is 0.455. The van der Waals surface area contributed by atoms with E-state index < -0.39 is 10.8 Å². The molecule has 1 aliphatic rings. The van der Waals surface area contributed by atoms with Gasteiger partial charge in [0.25, 0.3) is 11.6 Å². The second kappa shape index (κ2) is 6.80. The molecule has 1 aliphatic heterocycles. The van der Waals surface area contributed by atoms with Gasteiger partial charge in [-0.15, -0.1) is 0 Å². The van der Waals surface area contributed by atoms with Crippen LogP contribution in [0, 0.1) is 10.1 Å². The minimum Gasteiger partial charge on any atom is -0.384 e. The fourth-order valence-electron chi connectivity index (χ4n) is 1.75. The van der Waals surface area contributed by atoms with Crippen LogP contribution in [0.5, 0.6) is 0 Å². The molecule has 0 bridgehead atoms. The van der Waals surface area contributed by atoms with E-state index in [2.05, 4.69) is 10.3 Å². The Morgan fingerprint density at radius 2 is 2.40 bits per heavy atom. The number of carbonyl (C=O) groups excluding carboxylic acids is 1. The average Bonchev–Trinajstić information content (AvgIpc) is 2.45. The Labute approximate surface area is 124 Å². The normalized spacial score (nSPS) is 18.5. The van der Waals surface area contributed by atoms with Crippen LogP contribution in [0.2, 0.25) is 0 Å². The molecule has 3 N–H and O–H groups in total. The van der Waals surface area contributed by atoms with E-state index >= 15 is 0 Å². The van der Waals surface area contributed by atoms with Crippen molar-refractivity contribution < 1.29 is 9.72 Å². The van der Waals surface area contributed by atoms with Gasteiger partial charge in [0.2, 0.25) is 0 Å². The third kappa shape index (κ3) is 3.76. The molecule has 0 aromatic carbocycles. The van der Waals surface area contributed by atoms with Crippen LogP contribution in [-0.2, 0) is 0 Å². The van der Waals surface area contributed by atoms with Crippen LogP contribution in [0.1, 0.15) is 10.4 Å². The maximum Gasteiger partial charge on any atom is 0.300 e. The number of nitrogens with one attached hydrogen (secondary N) is 1. The third-order valence-electron chi connectivity index (χ3n) is 2.72. The highest BCUT2D eigenvalue weighted by molar-refractivity contribution is 8.06. The topological polar surface area (TPSA) is 111 Å². The van der Waals surface area contributed by atoms with Gasteiger partial charge in [-0.1, -0.05) is 0 Å². The van der Waals surface area contributed by atoms with Crippen molar-refractivity contribution in [2.45, 2.75) is 5.25 Å². The zero-order chi connectivity index (χ0) is 14.5. The van der Waals surface area contributed by atoms with Gasteiger partial charge >= 0.3 is 0 Å². The highest BCUT2D eigenvalue weighted by Crippen LogP contribution is 2.24. The standard InChI is InChI=1S/C11H14N4O3S2/c12-10-3-8(9(5-13-10)15(17)18)11(16)14-4-7-6-19-1-2-20-7/h3,5,7H,1-2,4,6H2,(H2,12,13)(H,14,16). The maximum atomic E-state index is 12.0. The molecule has 1 amide bonds. The van der Waals surface area contributed by atoms with Crippen LogP contribution < -0.4 is 11.1 Å². The number of thioether (sulfide) groups is 2. The minimum absolute atomic E-state index is 0.0454. The second-order valence-electron chi connectivity index (χ2n) is 4.16. The lowest BCUT2D eigenvalue weighted by atomic mass is 10.2. The van der Waals surface area contributed by atoms with Crippen molar-refractivity contribution in [3.05, 3.63) is 27.9 Å². The first-order chi connectivity index (χ1) is 9.58. The van der Waals surface area contributed by atoms with Gasteiger partial charge in [0, 0.05) is 29.1 Å². The summed E-state index contributed by atoms with van der Waals surface area (Å²) in [7, 11) is 0. The molecule has 0 spiro atoms. The van der Waals surface area contributed by atoms with Crippen LogP contribution in [0.4, 0.5) is 11.5 Å². The number of hydrogen-bond donors (Lipinski definition) is 2. The molecule has 0 radical (unpaired) electrons. The Morgan fingerprint density at radius 3 is 3.05 bits per heavy atom. The third-order valence-corrected chi connectivity index (χ3v) is 5.57. The summed E-state index contributed by atoms with van der Waals surface area (Å²) < 4.78 is 0. The lowest BCUT2D eigenvalue weighted by Gasteiger charge is -2.21. The number of rotatable bonds is 4. The monoisotopic (exact) mass is 314 g/mol. The van der Waals surface area contributed by atoms with Crippen LogP contribution in [-0.4, -0.2) is 44.9 Å². The first-order valence-corrected chi connectivity index (χ1v) is 8.15. The molecule has 108 valence electrons. The van der Waals surface area contributed by atoms with Crippen LogP contribution in [0.25, 0.3) is 0 Å². The van der Waals surface area contributed by atoms with Crippen molar-refractivity contribution in [2.75, 3.05) is 29.5 Å². The number of aromatic nitrogens is 1. The van der Waals surface area contributed by atoms with Gasteiger partial charge in [-0.25, -0.2) is 4.98 Å². The Bertz CT molecular complexity index is 520. The van der Waals surface area contributed by atoms with Crippen LogP contribution in [0.15, 0.2) is 12.3 Å². The fourth-order valence-corrected chi connectivity index (χ4v) is 4.36. The zero-order valence-electron chi connectivity index (χ0n) is 10.6. The average molecular weight is 314 g/mol. The first-order valence-electron chi connectivity index (χ1n) is 5.95. The highest BCUT2D eigenvalue weighted by Gasteiger charge is 2.22. The van der Waals surface area contributed by atoms with Crippen molar-refractivity contribution in [1.29, 1.82) is 0 Å². The molecule has 7 nitrogen and oxygen atoms in total. The van der Waals surface area contributed by atoms with E-state index in [1.54, 1.807) is 0 Å². The smallest absolute Gasteiger partial charge is 0.300 e. The Kier molecular flexibility index (Phi) is 5.07. The first kappa shape index (κ1) is 14.9. The van der Waals surface area contributed by atoms with Crippen molar-refractivity contribution in [3.63, 3.8) is 0 Å². The van der Waals surface area contributed by atoms with Crippen molar-refractivity contribution >= 4 is 40.9 Å². The van der Waals surface area contributed by atoms with Gasteiger partial charge < -0.3 is 11.1 Å². The number of hydrogen-bond acceptors (Lipinski definition) is 7. The molecule has 1 aromatic heterocycles. The lowest BCUT2D eigenvalue weighted by molar-refractivity contribution is -0.385. The van der Waals surface area contributed by atoms with Gasteiger partial charge in [-0.2, -0.15) is 23.5 Å². The van der Waals surface area contributed by atoms with E-state index in [1.165, 1.54) is 6.07 Å². The molecule has 1 aromatic rings. The Morgan fingerprint density at radius 1 is 1.60 bits per heavy atom. The van der Waals surface area contributed by atoms with Crippen LogP contribution >= 0.6 is 23.5 Å². The number of amides is 1. The molecule has 1 atom stereocenters. The Hall–Kier alpha value is -1.48. The molecule has 2 heterocycles. The largest absolute Gasteiger partial charge is 0.384 e. The van der Waals surface area contributed by atoms with Crippen molar-refractivity contribution in [1.82, 2.24) is 10.3 Å². The molecule has 0 saturated carbocycles. The molecule has 9 heteroatoms. The van der Waals surface area contributed by atoms with Crippen molar-refractivity contribution in [2.24, 2.45) is 0 Å². The van der Waals surface area contributed by atoms with Crippen LogP contribution in [0.3, 0.4) is 0 Å². The molecule has 1 saturated heterocycles. The van der Waals surface area contributed by atoms with Gasteiger partial charge in [-0.3, -0.25) is 14.9 Å². The highest BCUT2D eigenvalue weighted by atomic mass is 32.2. The number of carbonyl (C=O) groups is 1. The van der Waals surface area contributed by atoms with E-state index in [0.29, 0.717) is 11.8 Å². The summed E-state index contributed by atoms with van der Waals surface area (Å²) in [5.74, 6) is 2.77. The molecular formula is C11H14N4O3S2. The summed E-state index contributed by atoms with van der Waals surface area (Å²) in [6, 6.07) is 1.23. The number of anilines is 1. The van der Waals surface area contributed by atoms with Crippen molar-refractivity contribution in [3.8, 4) is 0 Å². The van der Waals surface area contributed by atoms with E-state index in [-0.39, 0.29) is 17.1 Å². The van der Waals surface area contributed by atoms with E-state index in [4.69, 9.17) is 5.73 Å². The van der Waals surface area contributed by atoms with E-state index in [1.807, 2.05) is 23.5 Å². The quantitative estimate of drug-likeness (QED) is 0.633. The summed E-state index contributed by atoms with van der Waals surface area (Å²) in [6.07, 6.45) is 1.01. The number of nitrogen functional groups attached to an aromatic ring is 1. The predicted octanol–water partition coefficient (Wildman–Crippen LogP) is 1.15. The Balaban J connectivity index is 2.04. The summed E-state index contributed by atoms with van der Waals surface area (Å²) in [6.45, 7) is 0.496. The summed E-state index contributed by atoms with van der Waals surface area (Å²) in [4.78, 5) is 25.9. The van der Waals surface area contributed by atoms with Gasteiger partial charge in [0.15, 0.2) is 0 Å². The number of pyridine rings is 1. The maximum absolute atomic E-state index is 12.0. The molecule has 0 aliphatic carbocycles. The van der Waals surface area contributed by atoms with Gasteiger partial charge in [0.05, 0.1) is 4.92 Å². The lowest BCUT2D eigenvalue weighted by Crippen LogP contribution is -2.33. The molecule has 1 unspecified atom stereocenters. The predicted molar refractivity (Wildman–Crippen MR) is 81.2 cm³/mol. The van der Waals surface area contributed by atoms with E-state index in [0.717, 1.165) is 23.5 Å². The summed E-state index contributed by atoms with van der Waals surface area (Å²) in [5, 5.41) is 14.0. The molecule has 20 heavy (non-hydrogen) atoms. The summed E-state index contributed by atoms with van der Waals surface area (Å²) >= 11 is 3.66. The van der Waals surface area contributed by atoms with Gasteiger partial charge in [0.1, 0.15) is 17.6 Å². The number of nitro groups is 1. The molecular weight excluding hydrogens is 300 g/mol. The minimum atomic E-state index is -0.632. The SMILES string of the molecule is Nc1cc(C(=O)NCC2CSCCS2)c([N+](=O)[O-])cn1. The summed E-state index contributed by atoms with van der Waals surface area (Å²) in [5.41, 5.74) is 5.11. The van der Waals surface area contributed by atoms with E-state index in [9.17, 15) is 14.9 Å².